The van der Waals surface area contributed by atoms with Gasteiger partial charge in [0.05, 0.1) is 18.1 Å². The Morgan fingerprint density at radius 3 is 2.60 bits per heavy atom. The summed E-state index contributed by atoms with van der Waals surface area (Å²) >= 11 is 6.07. The fourth-order valence-corrected chi connectivity index (χ4v) is 1.71. The lowest BCUT2D eigenvalue weighted by atomic mass is 9.98. The molecule has 1 unspecified atom stereocenters. The third-order valence-corrected chi connectivity index (χ3v) is 2.86. The molecule has 0 aliphatic heterocycles. The number of rotatable bonds is 3. The topological polar surface area (TPSA) is 46.5 Å². The van der Waals surface area contributed by atoms with Crippen LogP contribution < -0.4 is 4.74 Å². The lowest BCUT2D eigenvalue weighted by Crippen LogP contribution is -2.10. The van der Waals surface area contributed by atoms with Crippen LogP contribution in [0.1, 0.15) is 24.0 Å². The van der Waals surface area contributed by atoms with Gasteiger partial charge in [0.1, 0.15) is 5.75 Å². The number of carboxylic acid groups (broad SMARTS) is 1. The second-order valence-electron chi connectivity index (χ2n) is 3.37. The summed E-state index contributed by atoms with van der Waals surface area (Å²) in [5.74, 6) is -1.08. The van der Waals surface area contributed by atoms with E-state index in [9.17, 15) is 4.79 Å². The van der Waals surface area contributed by atoms with Crippen LogP contribution in [0.15, 0.2) is 12.1 Å². The van der Waals surface area contributed by atoms with Gasteiger partial charge in [-0.2, -0.15) is 0 Å². The zero-order chi connectivity index (χ0) is 11.6. The first-order valence-electron chi connectivity index (χ1n) is 4.54. The predicted octanol–water partition coefficient (Wildman–Crippen LogP) is 2.85. The standard InChI is InChI=1S/C11H13ClO3/c1-6-4-5-8(15-3)9(10(6)12)7(2)11(13)14/h4-5,7H,1-3H3,(H,13,14). The predicted molar refractivity (Wildman–Crippen MR) is 58.8 cm³/mol. The largest absolute Gasteiger partial charge is 0.496 e. The number of halogens is 1. The average molecular weight is 229 g/mol. The smallest absolute Gasteiger partial charge is 0.310 e. The molecule has 1 N–H and O–H groups in total. The summed E-state index contributed by atoms with van der Waals surface area (Å²) in [6.07, 6.45) is 0. The van der Waals surface area contributed by atoms with Crippen LogP contribution in [0.3, 0.4) is 0 Å². The van der Waals surface area contributed by atoms with Gasteiger partial charge in [0.2, 0.25) is 0 Å². The van der Waals surface area contributed by atoms with E-state index in [2.05, 4.69) is 0 Å². The number of carbonyl (C=O) groups is 1. The van der Waals surface area contributed by atoms with Crippen molar-refractivity contribution in [2.24, 2.45) is 0 Å². The fourth-order valence-electron chi connectivity index (χ4n) is 1.39. The maximum absolute atomic E-state index is 10.9. The molecule has 82 valence electrons. The highest BCUT2D eigenvalue weighted by atomic mass is 35.5. The molecule has 0 spiro atoms. The molecule has 15 heavy (non-hydrogen) atoms. The van der Waals surface area contributed by atoms with Crippen molar-refractivity contribution in [1.82, 2.24) is 0 Å². The Labute approximate surface area is 93.6 Å². The van der Waals surface area contributed by atoms with Gasteiger partial charge in [-0.25, -0.2) is 0 Å². The van der Waals surface area contributed by atoms with Crippen LogP contribution in [0.2, 0.25) is 5.02 Å². The van der Waals surface area contributed by atoms with Gasteiger partial charge in [-0.15, -0.1) is 0 Å². The van der Waals surface area contributed by atoms with Crippen molar-refractivity contribution >= 4 is 17.6 Å². The molecule has 0 radical (unpaired) electrons. The highest BCUT2D eigenvalue weighted by molar-refractivity contribution is 6.32. The molecule has 0 amide bonds. The number of ether oxygens (including phenoxy) is 1. The van der Waals surface area contributed by atoms with E-state index in [1.165, 1.54) is 7.11 Å². The summed E-state index contributed by atoms with van der Waals surface area (Å²) in [7, 11) is 1.50. The molecule has 4 heteroatoms. The van der Waals surface area contributed by atoms with Crippen molar-refractivity contribution in [3.05, 3.63) is 28.3 Å². The summed E-state index contributed by atoms with van der Waals surface area (Å²) < 4.78 is 5.10. The van der Waals surface area contributed by atoms with E-state index in [-0.39, 0.29) is 0 Å². The van der Waals surface area contributed by atoms with Gasteiger partial charge in [0, 0.05) is 5.56 Å². The van der Waals surface area contributed by atoms with E-state index in [0.29, 0.717) is 16.3 Å². The van der Waals surface area contributed by atoms with Crippen molar-refractivity contribution in [3.8, 4) is 5.75 Å². The van der Waals surface area contributed by atoms with Gasteiger partial charge in [0.15, 0.2) is 0 Å². The number of carboxylic acids is 1. The molecule has 0 aliphatic rings. The normalized spacial score (nSPS) is 12.3. The summed E-state index contributed by atoms with van der Waals surface area (Å²) in [5, 5.41) is 9.42. The first kappa shape index (κ1) is 11.9. The van der Waals surface area contributed by atoms with Crippen LogP contribution >= 0.6 is 11.6 Å². The van der Waals surface area contributed by atoms with E-state index in [1.54, 1.807) is 19.1 Å². The summed E-state index contributed by atoms with van der Waals surface area (Å²) in [4.78, 5) is 10.9. The lowest BCUT2D eigenvalue weighted by Gasteiger charge is -2.15. The molecule has 0 aliphatic carbocycles. The quantitative estimate of drug-likeness (QED) is 0.865. The molecular formula is C11H13ClO3. The van der Waals surface area contributed by atoms with Gasteiger partial charge in [0.25, 0.3) is 0 Å². The minimum absolute atomic E-state index is 0.462. The molecule has 1 aromatic rings. The molecule has 0 fully saturated rings. The number of aryl methyl sites for hydroxylation is 1. The number of hydrogen-bond donors (Lipinski definition) is 1. The molecule has 1 rings (SSSR count). The van der Waals surface area contributed by atoms with Gasteiger partial charge in [-0.05, 0) is 25.5 Å². The zero-order valence-corrected chi connectivity index (χ0v) is 9.63. The molecule has 3 nitrogen and oxygen atoms in total. The minimum Gasteiger partial charge on any atom is -0.496 e. The van der Waals surface area contributed by atoms with E-state index in [1.807, 2.05) is 6.92 Å². The minimum atomic E-state index is -0.916. The van der Waals surface area contributed by atoms with Gasteiger partial charge in [-0.1, -0.05) is 17.7 Å². The Bertz CT molecular complexity index is 388. The second-order valence-corrected chi connectivity index (χ2v) is 3.75. The maximum atomic E-state index is 10.9. The summed E-state index contributed by atoms with van der Waals surface area (Å²) in [6, 6.07) is 3.54. The van der Waals surface area contributed by atoms with Crippen LogP contribution in [0.4, 0.5) is 0 Å². The maximum Gasteiger partial charge on any atom is 0.310 e. The number of hydrogen-bond acceptors (Lipinski definition) is 2. The van der Waals surface area contributed by atoms with Gasteiger partial charge < -0.3 is 9.84 Å². The van der Waals surface area contributed by atoms with Crippen molar-refractivity contribution < 1.29 is 14.6 Å². The van der Waals surface area contributed by atoms with Crippen LogP contribution in [-0.2, 0) is 4.79 Å². The Hall–Kier alpha value is -1.22. The van der Waals surface area contributed by atoms with Crippen LogP contribution in [0.5, 0.6) is 5.75 Å². The molecule has 1 aromatic carbocycles. The van der Waals surface area contributed by atoms with Gasteiger partial charge >= 0.3 is 5.97 Å². The lowest BCUT2D eigenvalue weighted by molar-refractivity contribution is -0.138. The Balaban J connectivity index is 3.35. The molecule has 1 atom stereocenters. The van der Waals surface area contributed by atoms with Crippen molar-refractivity contribution in [2.75, 3.05) is 7.11 Å². The Morgan fingerprint density at radius 1 is 1.53 bits per heavy atom. The van der Waals surface area contributed by atoms with E-state index >= 15 is 0 Å². The third-order valence-electron chi connectivity index (χ3n) is 2.36. The van der Waals surface area contributed by atoms with Crippen LogP contribution in [0, 0.1) is 6.92 Å². The second kappa shape index (κ2) is 4.53. The SMILES string of the molecule is COc1ccc(C)c(Cl)c1C(C)C(=O)O. The number of methoxy groups -OCH3 is 1. The highest BCUT2D eigenvalue weighted by Gasteiger charge is 2.22. The Morgan fingerprint density at radius 2 is 2.13 bits per heavy atom. The monoisotopic (exact) mass is 228 g/mol. The number of benzene rings is 1. The van der Waals surface area contributed by atoms with E-state index < -0.39 is 11.9 Å². The molecular weight excluding hydrogens is 216 g/mol. The molecule has 0 saturated carbocycles. The molecule has 0 heterocycles. The van der Waals surface area contributed by atoms with Crippen molar-refractivity contribution in [2.45, 2.75) is 19.8 Å². The van der Waals surface area contributed by atoms with E-state index in [0.717, 1.165) is 5.56 Å². The molecule has 0 saturated heterocycles. The van der Waals surface area contributed by atoms with Crippen LogP contribution in [0.25, 0.3) is 0 Å². The molecule has 0 aromatic heterocycles. The first-order valence-corrected chi connectivity index (χ1v) is 4.92. The number of aliphatic carboxylic acids is 1. The average Bonchev–Trinajstić information content (AvgIpc) is 2.20. The van der Waals surface area contributed by atoms with E-state index in [4.69, 9.17) is 21.4 Å². The highest BCUT2D eigenvalue weighted by Crippen LogP contribution is 2.35. The Kier molecular flexibility index (Phi) is 3.58. The summed E-state index contributed by atoms with van der Waals surface area (Å²) in [5.41, 5.74) is 1.38. The van der Waals surface area contributed by atoms with Crippen LogP contribution in [-0.4, -0.2) is 18.2 Å². The van der Waals surface area contributed by atoms with Crippen molar-refractivity contribution in [1.29, 1.82) is 0 Å². The van der Waals surface area contributed by atoms with Gasteiger partial charge in [-0.3, -0.25) is 4.79 Å². The van der Waals surface area contributed by atoms with Crippen molar-refractivity contribution in [3.63, 3.8) is 0 Å². The summed E-state index contributed by atoms with van der Waals surface area (Å²) in [6.45, 7) is 3.42. The zero-order valence-electron chi connectivity index (χ0n) is 8.87. The molecule has 0 bridgehead atoms. The first-order chi connectivity index (χ1) is 6.99. The fraction of sp³-hybridized carbons (Fsp3) is 0.364. The third kappa shape index (κ3) is 2.23.